The molecule has 33 heavy (non-hydrogen) atoms. The number of esters is 1. The molecule has 1 aliphatic heterocycles. The van der Waals surface area contributed by atoms with Crippen molar-refractivity contribution in [2.24, 2.45) is 0 Å². The Morgan fingerprint density at radius 2 is 1.58 bits per heavy atom. The highest BCUT2D eigenvalue weighted by Gasteiger charge is 2.28. The van der Waals surface area contributed by atoms with Gasteiger partial charge in [-0.3, -0.25) is 4.79 Å². The minimum absolute atomic E-state index is 0.0845. The van der Waals surface area contributed by atoms with Crippen LogP contribution in [0.4, 0.5) is 4.39 Å². The van der Waals surface area contributed by atoms with Gasteiger partial charge < -0.3 is 23.7 Å². The lowest BCUT2D eigenvalue weighted by atomic mass is 10.1. The average Bonchev–Trinajstić information content (AvgIpc) is 3.12. The number of allylic oxidation sites excluding steroid dienone is 1. The van der Waals surface area contributed by atoms with Gasteiger partial charge in [0, 0.05) is 6.07 Å². The minimum atomic E-state index is -0.660. The maximum Gasteiger partial charge on any atom is 0.343 e. The summed E-state index contributed by atoms with van der Waals surface area (Å²) >= 11 is 0. The lowest BCUT2D eigenvalue weighted by Gasteiger charge is -2.13. The standard InChI is InChI=1S/C25H19FO7/c1-29-21-11-14(12-22(30-2)24(21)31-3)10-20-23(27)18-9-8-17(13-19(18)33-20)32-25(28)15-4-6-16(26)7-5-15/h4-13H,1-3H3/b20-10-. The first-order chi connectivity index (χ1) is 15.9. The second kappa shape index (κ2) is 9.04. The molecule has 0 radical (unpaired) electrons. The SMILES string of the molecule is COc1cc(/C=C2\Oc3cc(OC(=O)c4ccc(F)cc4)ccc3C2=O)cc(OC)c1OC. The predicted octanol–water partition coefficient (Wildman–Crippen LogP) is 4.69. The van der Waals surface area contributed by atoms with Gasteiger partial charge in [0.2, 0.25) is 11.5 Å². The van der Waals surface area contributed by atoms with Crippen molar-refractivity contribution in [3.05, 3.63) is 82.9 Å². The Morgan fingerprint density at radius 3 is 2.18 bits per heavy atom. The molecule has 0 spiro atoms. The van der Waals surface area contributed by atoms with E-state index in [4.69, 9.17) is 23.7 Å². The van der Waals surface area contributed by atoms with Crippen molar-refractivity contribution >= 4 is 17.8 Å². The molecule has 3 aromatic carbocycles. The number of fused-ring (bicyclic) bond motifs is 1. The van der Waals surface area contributed by atoms with Crippen LogP contribution in [0.2, 0.25) is 0 Å². The van der Waals surface area contributed by atoms with Gasteiger partial charge >= 0.3 is 5.97 Å². The fourth-order valence-corrected chi connectivity index (χ4v) is 3.32. The maximum atomic E-state index is 13.1. The molecule has 168 valence electrons. The molecule has 0 unspecified atom stereocenters. The number of Topliss-reactive ketones (excluding diaryl/α,β-unsaturated/α-hetero) is 1. The number of benzene rings is 3. The van der Waals surface area contributed by atoms with Gasteiger partial charge in [0.15, 0.2) is 17.3 Å². The zero-order chi connectivity index (χ0) is 23.5. The molecule has 1 heterocycles. The Kier molecular flexibility index (Phi) is 5.99. The highest BCUT2D eigenvalue weighted by molar-refractivity contribution is 6.14. The quantitative estimate of drug-likeness (QED) is 0.306. The molecule has 7 nitrogen and oxygen atoms in total. The number of ether oxygens (including phenoxy) is 5. The summed E-state index contributed by atoms with van der Waals surface area (Å²) in [5, 5.41) is 0. The van der Waals surface area contributed by atoms with Gasteiger partial charge in [0.1, 0.15) is 17.3 Å². The van der Waals surface area contributed by atoms with E-state index in [2.05, 4.69) is 0 Å². The largest absolute Gasteiger partial charge is 0.493 e. The molecule has 0 amide bonds. The second-order valence-corrected chi connectivity index (χ2v) is 6.95. The van der Waals surface area contributed by atoms with Crippen molar-refractivity contribution in [2.45, 2.75) is 0 Å². The Balaban J connectivity index is 1.58. The number of ketones is 1. The van der Waals surface area contributed by atoms with Crippen molar-refractivity contribution in [1.82, 2.24) is 0 Å². The molecular formula is C25H19FO7. The molecule has 0 fully saturated rings. The molecule has 0 aliphatic carbocycles. The van der Waals surface area contributed by atoms with Crippen LogP contribution in [0, 0.1) is 5.82 Å². The summed E-state index contributed by atoms with van der Waals surface area (Å²) < 4.78 is 40.1. The highest BCUT2D eigenvalue weighted by atomic mass is 19.1. The summed E-state index contributed by atoms with van der Waals surface area (Å²) in [5.74, 6) is 0.374. The molecule has 0 aromatic heterocycles. The van der Waals surface area contributed by atoms with Crippen molar-refractivity contribution < 1.29 is 37.7 Å². The smallest absolute Gasteiger partial charge is 0.343 e. The van der Waals surface area contributed by atoms with Gasteiger partial charge in [-0.2, -0.15) is 0 Å². The van der Waals surface area contributed by atoms with Crippen LogP contribution >= 0.6 is 0 Å². The van der Waals surface area contributed by atoms with E-state index in [9.17, 15) is 14.0 Å². The van der Waals surface area contributed by atoms with Crippen LogP contribution in [-0.4, -0.2) is 33.1 Å². The molecule has 0 saturated carbocycles. The van der Waals surface area contributed by atoms with Crippen LogP contribution in [0.5, 0.6) is 28.7 Å². The molecular weight excluding hydrogens is 431 g/mol. The summed E-state index contributed by atoms with van der Waals surface area (Å²) in [6.07, 6.45) is 1.55. The Bertz CT molecular complexity index is 1240. The summed E-state index contributed by atoms with van der Waals surface area (Å²) in [5.41, 5.74) is 1.12. The van der Waals surface area contributed by atoms with E-state index in [1.165, 1.54) is 63.8 Å². The van der Waals surface area contributed by atoms with Gasteiger partial charge in [-0.05, 0) is 60.2 Å². The van der Waals surface area contributed by atoms with Gasteiger partial charge in [0.05, 0.1) is 32.5 Å². The lowest BCUT2D eigenvalue weighted by Crippen LogP contribution is -2.08. The van der Waals surface area contributed by atoms with Crippen molar-refractivity contribution in [1.29, 1.82) is 0 Å². The number of rotatable bonds is 6. The number of hydrogen-bond donors (Lipinski definition) is 0. The summed E-state index contributed by atoms with van der Waals surface area (Å²) in [6, 6.07) is 12.8. The van der Waals surface area contributed by atoms with E-state index >= 15 is 0 Å². The molecule has 8 heteroatoms. The maximum absolute atomic E-state index is 13.1. The van der Waals surface area contributed by atoms with E-state index in [0.717, 1.165) is 0 Å². The Morgan fingerprint density at radius 1 is 0.909 bits per heavy atom. The van der Waals surface area contributed by atoms with Crippen LogP contribution in [0.15, 0.2) is 60.4 Å². The van der Waals surface area contributed by atoms with Crippen LogP contribution in [-0.2, 0) is 0 Å². The molecule has 0 N–H and O–H groups in total. The number of methoxy groups -OCH3 is 3. The van der Waals surface area contributed by atoms with E-state index < -0.39 is 11.8 Å². The summed E-state index contributed by atoms with van der Waals surface area (Å²) in [7, 11) is 4.49. The van der Waals surface area contributed by atoms with Crippen LogP contribution in [0.1, 0.15) is 26.3 Å². The summed E-state index contributed by atoms with van der Waals surface area (Å²) in [6.45, 7) is 0. The van der Waals surface area contributed by atoms with Crippen molar-refractivity contribution in [3.63, 3.8) is 0 Å². The summed E-state index contributed by atoms with van der Waals surface area (Å²) in [4.78, 5) is 25.1. The van der Waals surface area contributed by atoms with Gasteiger partial charge in [-0.15, -0.1) is 0 Å². The zero-order valence-corrected chi connectivity index (χ0v) is 18.0. The third-order valence-corrected chi connectivity index (χ3v) is 4.92. The number of carbonyl (C=O) groups excluding carboxylic acids is 2. The van der Waals surface area contributed by atoms with E-state index in [0.29, 0.717) is 28.4 Å². The molecule has 0 atom stereocenters. The van der Waals surface area contributed by atoms with E-state index in [1.807, 2.05) is 0 Å². The first kappa shape index (κ1) is 21.9. The fraction of sp³-hybridized carbons (Fsp3) is 0.120. The molecule has 4 rings (SSSR count). The molecule has 0 saturated heterocycles. The third-order valence-electron chi connectivity index (χ3n) is 4.92. The van der Waals surface area contributed by atoms with Gasteiger partial charge in [-0.25, -0.2) is 9.18 Å². The Hall–Kier alpha value is -4.33. The van der Waals surface area contributed by atoms with Crippen molar-refractivity contribution in [2.75, 3.05) is 21.3 Å². The lowest BCUT2D eigenvalue weighted by molar-refractivity contribution is 0.0734. The number of halogens is 1. The third kappa shape index (κ3) is 4.36. The normalized spacial score (nSPS) is 13.3. The highest BCUT2D eigenvalue weighted by Crippen LogP contribution is 2.40. The van der Waals surface area contributed by atoms with Crippen LogP contribution < -0.4 is 23.7 Å². The first-order valence-electron chi connectivity index (χ1n) is 9.79. The zero-order valence-electron chi connectivity index (χ0n) is 18.0. The average molecular weight is 450 g/mol. The van der Waals surface area contributed by atoms with Crippen molar-refractivity contribution in [3.8, 4) is 28.7 Å². The fourth-order valence-electron chi connectivity index (χ4n) is 3.32. The monoisotopic (exact) mass is 450 g/mol. The molecule has 3 aromatic rings. The van der Waals surface area contributed by atoms with Gasteiger partial charge in [-0.1, -0.05) is 0 Å². The second-order valence-electron chi connectivity index (χ2n) is 6.95. The minimum Gasteiger partial charge on any atom is -0.493 e. The van der Waals surface area contributed by atoms with Crippen LogP contribution in [0.25, 0.3) is 6.08 Å². The van der Waals surface area contributed by atoms with Gasteiger partial charge in [0.25, 0.3) is 0 Å². The topological polar surface area (TPSA) is 80.3 Å². The number of hydrogen-bond acceptors (Lipinski definition) is 7. The van der Waals surface area contributed by atoms with E-state index in [1.54, 1.807) is 18.2 Å². The number of carbonyl (C=O) groups is 2. The van der Waals surface area contributed by atoms with E-state index in [-0.39, 0.29) is 28.6 Å². The Labute approximate surface area is 188 Å². The molecule has 1 aliphatic rings. The molecule has 0 bridgehead atoms. The first-order valence-corrected chi connectivity index (χ1v) is 9.79. The predicted molar refractivity (Wildman–Crippen MR) is 117 cm³/mol. The van der Waals surface area contributed by atoms with Crippen LogP contribution in [0.3, 0.4) is 0 Å².